The molecule has 0 aliphatic carbocycles. The largest absolute Gasteiger partial charge is 0.484 e. The van der Waals surface area contributed by atoms with Crippen LogP contribution in [0.3, 0.4) is 0 Å². The van der Waals surface area contributed by atoms with E-state index in [0.717, 1.165) is 23.8 Å². The Labute approximate surface area is 164 Å². The third-order valence-electron chi connectivity index (χ3n) is 4.60. The van der Waals surface area contributed by atoms with Crippen molar-refractivity contribution < 1.29 is 23.1 Å². The van der Waals surface area contributed by atoms with Crippen LogP contribution >= 0.6 is 0 Å². The summed E-state index contributed by atoms with van der Waals surface area (Å²) in [5.74, 6) is -1.71. The number of hydrogen-bond donors (Lipinski definition) is 2. The molecule has 0 radical (unpaired) electrons. The van der Waals surface area contributed by atoms with Crippen molar-refractivity contribution in [3.05, 3.63) is 71.7 Å². The molecular weight excluding hydrogens is 382 g/mol. The Bertz CT molecular complexity index is 1100. The fraction of sp³-hybridized carbons (Fsp3) is 0.150. The van der Waals surface area contributed by atoms with Gasteiger partial charge in [0.1, 0.15) is 29.5 Å². The second-order valence-corrected chi connectivity index (χ2v) is 6.57. The average Bonchev–Trinajstić information content (AvgIpc) is 3.11. The fourth-order valence-corrected chi connectivity index (χ4v) is 3.29. The normalized spacial score (nSPS) is 15.5. The summed E-state index contributed by atoms with van der Waals surface area (Å²) in [6.45, 7) is -0.237. The maximum atomic E-state index is 14.2. The van der Waals surface area contributed by atoms with E-state index in [1.807, 2.05) is 0 Å². The van der Waals surface area contributed by atoms with E-state index in [1.165, 1.54) is 10.9 Å². The zero-order valence-electron chi connectivity index (χ0n) is 15.1. The van der Waals surface area contributed by atoms with E-state index < -0.39 is 17.5 Å². The van der Waals surface area contributed by atoms with Crippen LogP contribution in [0.4, 0.5) is 14.6 Å². The first kappa shape index (κ1) is 18.6. The molecule has 1 aliphatic heterocycles. The molecule has 1 atom stereocenters. The van der Waals surface area contributed by atoms with Gasteiger partial charge in [0.25, 0.3) is 5.91 Å². The lowest BCUT2D eigenvalue weighted by Crippen LogP contribution is -2.25. The van der Waals surface area contributed by atoms with Crippen molar-refractivity contribution in [3.8, 4) is 11.4 Å². The number of halogens is 2. The number of aromatic nitrogens is 2. The first-order chi connectivity index (χ1) is 13.9. The molecule has 0 saturated heterocycles. The molecular formula is C20H16F2N4O3. The van der Waals surface area contributed by atoms with Crippen molar-refractivity contribution >= 4 is 17.6 Å². The number of rotatable bonds is 5. The zero-order valence-corrected chi connectivity index (χ0v) is 15.1. The fourth-order valence-electron chi connectivity index (χ4n) is 3.29. The molecule has 3 aromatic rings. The number of benzene rings is 2. The predicted molar refractivity (Wildman–Crippen MR) is 99.7 cm³/mol. The molecule has 148 valence electrons. The van der Waals surface area contributed by atoms with E-state index >= 15 is 0 Å². The number of fused-ring (bicyclic) bond motifs is 1. The SMILES string of the molecule is NC(=O)COc1ccc([C@@H]2CC(=O)Nc3c2ncn3-c2cc(F)ccc2F)cc1. The van der Waals surface area contributed by atoms with Crippen molar-refractivity contribution in [2.75, 3.05) is 11.9 Å². The number of carbonyl (C=O) groups excluding carboxylic acids is 2. The van der Waals surface area contributed by atoms with Gasteiger partial charge >= 0.3 is 0 Å². The molecule has 0 saturated carbocycles. The van der Waals surface area contributed by atoms with Gasteiger partial charge in [-0.2, -0.15) is 0 Å². The summed E-state index contributed by atoms with van der Waals surface area (Å²) in [5, 5.41) is 2.69. The van der Waals surface area contributed by atoms with Crippen LogP contribution in [-0.4, -0.2) is 28.0 Å². The van der Waals surface area contributed by atoms with Gasteiger partial charge in [0, 0.05) is 18.4 Å². The summed E-state index contributed by atoms with van der Waals surface area (Å²) < 4.78 is 34.4. The van der Waals surface area contributed by atoms with Gasteiger partial charge in [-0.25, -0.2) is 13.8 Å². The molecule has 1 aromatic heterocycles. The molecule has 4 rings (SSSR count). The Balaban J connectivity index is 1.69. The minimum atomic E-state index is -0.640. The maximum absolute atomic E-state index is 14.2. The summed E-state index contributed by atoms with van der Waals surface area (Å²) in [7, 11) is 0. The van der Waals surface area contributed by atoms with Gasteiger partial charge in [-0.1, -0.05) is 12.1 Å². The number of amides is 2. The lowest BCUT2D eigenvalue weighted by molar-refractivity contribution is -0.120. The van der Waals surface area contributed by atoms with Crippen LogP contribution in [0, 0.1) is 11.6 Å². The molecule has 7 nitrogen and oxygen atoms in total. The zero-order chi connectivity index (χ0) is 20.5. The third-order valence-corrected chi connectivity index (χ3v) is 4.60. The molecule has 0 bridgehead atoms. The van der Waals surface area contributed by atoms with Gasteiger partial charge < -0.3 is 15.8 Å². The molecule has 9 heteroatoms. The van der Waals surface area contributed by atoms with Crippen LogP contribution in [-0.2, 0) is 9.59 Å². The number of hydrogen-bond acceptors (Lipinski definition) is 4. The molecule has 2 aromatic carbocycles. The number of carbonyl (C=O) groups is 2. The molecule has 0 unspecified atom stereocenters. The van der Waals surface area contributed by atoms with Crippen LogP contribution in [0.15, 0.2) is 48.8 Å². The first-order valence-corrected chi connectivity index (χ1v) is 8.76. The predicted octanol–water partition coefficient (Wildman–Crippen LogP) is 2.49. The van der Waals surface area contributed by atoms with Crippen LogP contribution in [0.25, 0.3) is 5.69 Å². The average molecular weight is 398 g/mol. The highest BCUT2D eigenvalue weighted by atomic mass is 19.1. The second-order valence-electron chi connectivity index (χ2n) is 6.57. The Morgan fingerprint density at radius 2 is 2.00 bits per heavy atom. The summed E-state index contributed by atoms with van der Waals surface area (Å²) in [6.07, 6.45) is 1.50. The number of nitrogens with zero attached hydrogens (tertiary/aromatic N) is 2. The van der Waals surface area contributed by atoms with Gasteiger partial charge in [0.2, 0.25) is 5.91 Å². The van der Waals surface area contributed by atoms with Crippen molar-refractivity contribution in [2.45, 2.75) is 12.3 Å². The van der Waals surface area contributed by atoms with Crippen molar-refractivity contribution in [3.63, 3.8) is 0 Å². The molecule has 29 heavy (non-hydrogen) atoms. The molecule has 1 aliphatic rings. The number of nitrogens with one attached hydrogen (secondary N) is 1. The lowest BCUT2D eigenvalue weighted by Gasteiger charge is -2.23. The molecule has 2 amide bonds. The van der Waals surface area contributed by atoms with Gasteiger partial charge in [-0.3, -0.25) is 14.2 Å². The number of ether oxygens (including phenoxy) is 1. The van der Waals surface area contributed by atoms with Crippen LogP contribution < -0.4 is 15.8 Å². The van der Waals surface area contributed by atoms with Gasteiger partial charge in [-0.05, 0) is 29.8 Å². The van der Waals surface area contributed by atoms with E-state index in [0.29, 0.717) is 17.3 Å². The molecule has 0 spiro atoms. The number of imidazole rings is 1. The van der Waals surface area contributed by atoms with Crippen LogP contribution in [0.2, 0.25) is 0 Å². The standard InChI is InChI=1S/C20H16F2N4O3/c21-12-3-6-15(22)16(7-12)26-10-24-19-14(8-18(28)25-20(19)26)11-1-4-13(5-2-11)29-9-17(23)27/h1-7,10,14H,8-9H2,(H2,23,27)(H,25,28)/t14-/m0/s1. The van der Waals surface area contributed by atoms with Gasteiger partial charge in [-0.15, -0.1) is 0 Å². The Hall–Kier alpha value is -3.75. The highest BCUT2D eigenvalue weighted by molar-refractivity contribution is 5.94. The van der Waals surface area contributed by atoms with Crippen LogP contribution in [0.1, 0.15) is 23.6 Å². The molecule has 3 N–H and O–H groups in total. The third kappa shape index (κ3) is 3.66. The number of primary amides is 1. The van der Waals surface area contributed by atoms with Gasteiger partial charge in [0.05, 0.1) is 11.4 Å². The Kier molecular flexibility index (Phi) is 4.71. The minimum Gasteiger partial charge on any atom is -0.484 e. The van der Waals surface area contributed by atoms with E-state index in [2.05, 4.69) is 10.3 Å². The van der Waals surface area contributed by atoms with E-state index in [1.54, 1.807) is 24.3 Å². The van der Waals surface area contributed by atoms with Gasteiger partial charge in [0.15, 0.2) is 6.61 Å². The minimum absolute atomic E-state index is 0.0464. The molecule has 0 fully saturated rings. The topological polar surface area (TPSA) is 99.2 Å². The summed E-state index contributed by atoms with van der Waals surface area (Å²) in [5.41, 5.74) is 6.34. The smallest absolute Gasteiger partial charge is 0.255 e. The highest BCUT2D eigenvalue weighted by Crippen LogP contribution is 2.38. The second kappa shape index (κ2) is 7.34. The van der Waals surface area contributed by atoms with E-state index in [9.17, 15) is 18.4 Å². The van der Waals surface area contributed by atoms with E-state index in [4.69, 9.17) is 10.5 Å². The summed E-state index contributed by atoms with van der Waals surface area (Å²) in [4.78, 5) is 27.5. The monoisotopic (exact) mass is 398 g/mol. The summed E-state index contributed by atoms with van der Waals surface area (Å²) in [6, 6.07) is 9.91. The Morgan fingerprint density at radius 3 is 2.72 bits per heavy atom. The lowest BCUT2D eigenvalue weighted by atomic mass is 9.90. The number of nitrogens with two attached hydrogens (primary N) is 1. The molecule has 2 heterocycles. The Morgan fingerprint density at radius 1 is 1.24 bits per heavy atom. The van der Waals surface area contributed by atoms with Crippen molar-refractivity contribution in [1.29, 1.82) is 0 Å². The quantitative estimate of drug-likeness (QED) is 0.690. The van der Waals surface area contributed by atoms with E-state index in [-0.39, 0.29) is 30.5 Å². The van der Waals surface area contributed by atoms with Crippen molar-refractivity contribution in [2.24, 2.45) is 5.73 Å². The highest BCUT2D eigenvalue weighted by Gasteiger charge is 2.31. The summed E-state index contributed by atoms with van der Waals surface area (Å²) >= 11 is 0. The van der Waals surface area contributed by atoms with Crippen molar-refractivity contribution in [1.82, 2.24) is 9.55 Å². The first-order valence-electron chi connectivity index (χ1n) is 8.76. The maximum Gasteiger partial charge on any atom is 0.255 e. The van der Waals surface area contributed by atoms with Crippen LogP contribution in [0.5, 0.6) is 5.75 Å². The number of anilines is 1.